The number of hydrogen-bond donors (Lipinski definition) is 1. The van der Waals surface area contributed by atoms with E-state index in [4.69, 9.17) is 4.74 Å². The average Bonchev–Trinajstić information content (AvgIpc) is 2.28. The van der Waals surface area contributed by atoms with Crippen molar-refractivity contribution in [1.82, 2.24) is 0 Å². The van der Waals surface area contributed by atoms with Crippen LogP contribution >= 0.6 is 0 Å². The van der Waals surface area contributed by atoms with Gasteiger partial charge in [0.05, 0.1) is 24.5 Å². The molecule has 98 valence electrons. The summed E-state index contributed by atoms with van der Waals surface area (Å²) in [7, 11) is 3.97. The second kappa shape index (κ2) is 4.61. The van der Waals surface area contributed by atoms with Crippen LogP contribution in [0.3, 0.4) is 0 Å². The quantitative estimate of drug-likeness (QED) is 0.883. The van der Waals surface area contributed by atoms with Gasteiger partial charge in [-0.15, -0.1) is 0 Å². The second-order valence-corrected chi connectivity index (χ2v) is 5.15. The number of carboxylic acid groups (broad SMARTS) is 1. The summed E-state index contributed by atoms with van der Waals surface area (Å²) >= 11 is 0. The number of aliphatic carboxylic acids is 1. The highest BCUT2D eigenvalue weighted by molar-refractivity contribution is 5.72. The molecule has 0 amide bonds. The van der Waals surface area contributed by atoms with Gasteiger partial charge in [-0.25, -0.2) is 0 Å². The molecule has 1 heterocycles. The van der Waals surface area contributed by atoms with E-state index in [1.54, 1.807) is 6.92 Å². The number of ether oxygens (including phenoxy) is 1. The number of nitrogens with zero attached hydrogens (tertiary/aromatic N) is 1. The Morgan fingerprint density at radius 2 is 1.89 bits per heavy atom. The van der Waals surface area contributed by atoms with E-state index in [1.807, 2.05) is 43.3 Å². The molecule has 1 unspecified atom stereocenters. The number of carboxylic acids is 1. The van der Waals surface area contributed by atoms with Crippen LogP contribution in [0.25, 0.3) is 0 Å². The summed E-state index contributed by atoms with van der Waals surface area (Å²) in [5.74, 6) is -1.20. The van der Waals surface area contributed by atoms with Gasteiger partial charge in [0.15, 0.2) is 0 Å². The van der Waals surface area contributed by atoms with Crippen LogP contribution in [0.1, 0.15) is 12.5 Å². The van der Waals surface area contributed by atoms with Gasteiger partial charge in [-0.1, -0.05) is 19.1 Å². The minimum atomic E-state index is -0.769. The van der Waals surface area contributed by atoms with Crippen LogP contribution in [0, 0.1) is 5.92 Å². The maximum atomic E-state index is 11.2. The predicted octanol–water partition coefficient (Wildman–Crippen LogP) is 1.74. The molecule has 0 radical (unpaired) electrons. The monoisotopic (exact) mass is 249 g/mol. The highest BCUT2D eigenvalue weighted by atomic mass is 16.5. The zero-order chi connectivity index (χ0) is 13.3. The molecule has 0 aliphatic carbocycles. The third-order valence-electron chi connectivity index (χ3n) is 3.88. The SMILES string of the molecule is CC(C(=O)O)C1(c2ccc(N(C)C)cc2)COC1. The molecular formula is C14H19NO3. The van der Waals surface area contributed by atoms with E-state index in [9.17, 15) is 9.90 Å². The first-order valence-electron chi connectivity index (χ1n) is 6.06. The van der Waals surface area contributed by atoms with Gasteiger partial charge in [0, 0.05) is 19.8 Å². The number of carbonyl (C=O) groups is 1. The topological polar surface area (TPSA) is 49.8 Å². The molecule has 0 saturated carbocycles. The summed E-state index contributed by atoms with van der Waals surface area (Å²) in [5.41, 5.74) is 1.79. The third-order valence-corrected chi connectivity index (χ3v) is 3.88. The molecular weight excluding hydrogens is 230 g/mol. The summed E-state index contributed by atoms with van der Waals surface area (Å²) in [6, 6.07) is 8.06. The minimum Gasteiger partial charge on any atom is -0.481 e. The molecule has 1 fully saturated rings. The van der Waals surface area contributed by atoms with Crippen molar-refractivity contribution in [1.29, 1.82) is 0 Å². The third kappa shape index (κ3) is 1.97. The lowest BCUT2D eigenvalue weighted by atomic mass is 9.69. The lowest BCUT2D eigenvalue weighted by Gasteiger charge is -2.44. The van der Waals surface area contributed by atoms with Crippen LogP contribution in [0.4, 0.5) is 5.69 Å². The zero-order valence-corrected chi connectivity index (χ0v) is 11.0. The summed E-state index contributed by atoms with van der Waals surface area (Å²) in [4.78, 5) is 13.2. The van der Waals surface area contributed by atoms with Gasteiger partial charge < -0.3 is 14.7 Å². The Balaban J connectivity index is 2.30. The van der Waals surface area contributed by atoms with Crippen LogP contribution in [0.2, 0.25) is 0 Å². The molecule has 18 heavy (non-hydrogen) atoms. The largest absolute Gasteiger partial charge is 0.481 e. The van der Waals surface area contributed by atoms with Crippen LogP contribution in [-0.4, -0.2) is 38.4 Å². The molecule has 1 aliphatic rings. The van der Waals surface area contributed by atoms with Crippen molar-refractivity contribution in [3.05, 3.63) is 29.8 Å². The summed E-state index contributed by atoms with van der Waals surface area (Å²) in [6.07, 6.45) is 0. The summed E-state index contributed by atoms with van der Waals surface area (Å²) in [6.45, 7) is 2.73. The lowest BCUT2D eigenvalue weighted by molar-refractivity contribution is -0.155. The molecule has 0 bridgehead atoms. The predicted molar refractivity (Wildman–Crippen MR) is 70.1 cm³/mol. The van der Waals surface area contributed by atoms with Gasteiger partial charge in [-0.05, 0) is 17.7 Å². The molecule has 1 aromatic rings. The van der Waals surface area contributed by atoms with Crippen LogP contribution in [-0.2, 0) is 14.9 Å². The van der Waals surface area contributed by atoms with E-state index in [0.29, 0.717) is 13.2 Å². The highest BCUT2D eigenvalue weighted by Gasteiger charge is 2.48. The molecule has 1 aromatic carbocycles. The fourth-order valence-electron chi connectivity index (χ4n) is 2.32. The lowest BCUT2D eigenvalue weighted by Crippen LogP contribution is -2.53. The van der Waals surface area contributed by atoms with Gasteiger partial charge in [-0.2, -0.15) is 0 Å². The minimum absolute atomic E-state index is 0.364. The van der Waals surface area contributed by atoms with E-state index >= 15 is 0 Å². The summed E-state index contributed by atoms with van der Waals surface area (Å²) < 4.78 is 5.27. The first kappa shape index (κ1) is 12.9. The molecule has 1 N–H and O–H groups in total. The van der Waals surface area contributed by atoms with E-state index in [-0.39, 0.29) is 5.41 Å². The first-order valence-corrected chi connectivity index (χ1v) is 6.06. The highest BCUT2D eigenvalue weighted by Crippen LogP contribution is 2.40. The van der Waals surface area contributed by atoms with Gasteiger partial charge >= 0.3 is 5.97 Å². The molecule has 1 saturated heterocycles. The molecule has 4 heteroatoms. The van der Waals surface area contributed by atoms with Gasteiger partial charge in [0.1, 0.15) is 0 Å². The van der Waals surface area contributed by atoms with Crippen molar-refractivity contribution in [2.24, 2.45) is 5.92 Å². The second-order valence-electron chi connectivity index (χ2n) is 5.15. The number of anilines is 1. The molecule has 0 spiro atoms. The normalized spacial score (nSPS) is 18.8. The Morgan fingerprint density at radius 1 is 1.33 bits per heavy atom. The average molecular weight is 249 g/mol. The molecule has 2 rings (SSSR count). The van der Waals surface area contributed by atoms with E-state index in [1.165, 1.54) is 0 Å². The Hall–Kier alpha value is -1.55. The fourth-order valence-corrected chi connectivity index (χ4v) is 2.32. The van der Waals surface area contributed by atoms with E-state index < -0.39 is 11.9 Å². The van der Waals surface area contributed by atoms with Crippen molar-refractivity contribution in [3.8, 4) is 0 Å². The Bertz CT molecular complexity index is 435. The maximum absolute atomic E-state index is 11.2. The van der Waals surface area contributed by atoms with Crippen LogP contribution in [0.5, 0.6) is 0 Å². The smallest absolute Gasteiger partial charge is 0.307 e. The Morgan fingerprint density at radius 3 is 2.22 bits per heavy atom. The molecule has 4 nitrogen and oxygen atoms in total. The Labute approximate surface area is 107 Å². The van der Waals surface area contributed by atoms with E-state index in [0.717, 1.165) is 11.3 Å². The number of rotatable bonds is 4. The van der Waals surface area contributed by atoms with Crippen molar-refractivity contribution in [2.75, 3.05) is 32.2 Å². The van der Waals surface area contributed by atoms with E-state index in [2.05, 4.69) is 0 Å². The van der Waals surface area contributed by atoms with Gasteiger partial charge in [0.25, 0.3) is 0 Å². The standard InChI is InChI=1S/C14H19NO3/c1-10(13(16)17)14(8-18-9-14)11-4-6-12(7-5-11)15(2)3/h4-7,10H,8-9H2,1-3H3,(H,16,17). The molecule has 1 atom stereocenters. The van der Waals surface area contributed by atoms with Gasteiger partial charge in [0.2, 0.25) is 0 Å². The first-order chi connectivity index (χ1) is 8.47. The maximum Gasteiger partial charge on any atom is 0.307 e. The van der Waals surface area contributed by atoms with Crippen molar-refractivity contribution >= 4 is 11.7 Å². The fraction of sp³-hybridized carbons (Fsp3) is 0.500. The molecule has 1 aliphatic heterocycles. The van der Waals surface area contributed by atoms with Crippen LogP contribution < -0.4 is 4.90 Å². The Kier molecular flexibility index (Phi) is 3.30. The number of hydrogen-bond acceptors (Lipinski definition) is 3. The zero-order valence-electron chi connectivity index (χ0n) is 11.0. The van der Waals surface area contributed by atoms with Crippen molar-refractivity contribution < 1.29 is 14.6 Å². The van der Waals surface area contributed by atoms with Crippen molar-refractivity contribution in [3.63, 3.8) is 0 Å². The molecule has 0 aromatic heterocycles. The van der Waals surface area contributed by atoms with Crippen molar-refractivity contribution in [2.45, 2.75) is 12.3 Å². The van der Waals surface area contributed by atoms with Gasteiger partial charge in [-0.3, -0.25) is 4.79 Å². The number of benzene rings is 1. The summed E-state index contributed by atoms with van der Waals surface area (Å²) in [5, 5.41) is 9.22. The van der Waals surface area contributed by atoms with Crippen LogP contribution in [0.15, 0.2) is 24.3 Å².